The van der Waals surface area contributed by atoms with Gasteiger partial charge in [-0.2, -0.15) is 13.2 Å². The monoisotopic (exact) mass is 194 g/mol. The molecule has 1 aromatic carbocycles. The zero-order chi connectivity index (χ0) is 10.2. The van der Waals surface area contributed by atoms with E-state index >= 15 is 0 Å². The fraction of sp³-hybridized carbons (Fsp3) is 0.250. The minimum absolute atomic E-state index is 0.356. The van der Waals surface area contributed by atoms with E-state index in [0.717, 1.165) is 6.92 Å². The van der Waals surface area contributed by atoms with Crippen molar-refractivity contribution in [2.45, 2.75) is 13.1 Å². The van der Waals surface area contributed by atoms with Crippen LogP contribution in [-0.2, 0) is 6.18 Å². The smallest absolute Gasteiger partial charge is 0.416 e. The molecule has 0 radical (unpaired) electrons. The summed E-state index contributed by atoms with van der Waals surface area (Å²) in [5.74, 6) is -1.79. The quantitative estimate of drug-likeness (QED) is 0.629. The number of halogens is 4. The molecule has 0 heterocycles. The highest BCUT2D eigenvalue weighted by molar-refractivity contribution is 5.40. The van der Waals surface area contributed by atoms with Gasteiger partial charge in [-0.3, -0.25) is 0 Å². The zero-order valence-electron chi connectivity index (χ0n) is 6.61. The van der Waals surface area contributed by atoms with E-state index in [4.69, 9.17) is 5.11 Å². The van der Waals surface area contributed by atoms with Crippen molar-refractivity contribution < 1.29 is 22.7 Å². The molecule has 0 saturated heterocycles. The van der Waals surface area contributed by atoms with Crippen molar-refractivity contribution in [3.63, 3.8) is 0 Å². The maximum atomic E-state index is 12.5. The predicted octanol–water partition coefficient (Wildman–Crippen LogP) is 2.86. The van der Waals surface area contributed by atoms with Crippen LogP contribution in [-0.4, -0.2) is 5.11 Å². The molecule has 0 unspecified atom stereocenters. The summed E-state index contributed by atoms with van der Waals surface area (Å²) in [5.41, 5.74) is -1.51. The van der Waals surface area contributed by atoms with E-state index < -0.39 is 23.3 Å². The topological polar surface area (TPSA) is 20.2 Å². The summed E-state index contributed by atoms with van der Waals surface area (Å²) in [6.07, 6.45) is -4.64. The molecule has 0 atom stereocenters. The van der Waals surface area contributed by atoms with Gasteiger partial charge in [0.15, 0.2) is 0 Å². The minimum atomic E-state index is -4.64. The molecular formula is C8H6F4O. The molecule has 0 bridgehead atoms. The number of aromatic hydroxyl groups is 1. The van der Waals surface area contributed by atoms with Crippen LogP contribution < -0.4 is 0 Å². The molecule has 0 amide bonds. The number of phenolic OH excluding ortho intramolecular Hbond substituents is 1. The van der Waals surface area contributed by atoms with Gasteiger partial charge in [0, 0.05) is 11.6 Å². The first kappa shape index (κ1) is 9.83. The van der Waals surface area contributed by atoms with Gasteiger partial charge in [0.2, 0.25) is 0 Å². The number of alkyl halides is 3. The van der Waals surface area contributed by atoms with E-state index in [1.165, 1.54) is 0 Å². The summed E-state index contributed by atoms with van der Waals surface area (Å²) in [6.45, 7) is 1.08. The third-order valence-corrected chi connectivity index (χ3v) is 1.65. The van der Waals surface area contributed by atoms with Crippen molar-refractivity contribution in [1.82, 2.24) is 0 Å². The molecule has 0 aliphatic carbocycles. The van der Waals surface area contributed by atoms with Crippen LogP contribution in [0.3, 0.4) is 0 Å². The van der Waals surface area contributed by atoms with Gasteiger partial charge >= 0.3 is 6.18 Å². The predicted molar refractivity (Wildman–Crippen MR) is 37.8 cm³/mol. The van der Waals surface area contributed by atoms with Crippen LogP contribution in [0.2, 0.25) is 0 Å². The Morgan fingerprint density at radius 1 is 1.23 bits per heavy atom. The average molecular weight is 194 g/mol. The molecule has 72 valence electrons. The molecule has 5 heteroatoms. The van der Waals surface area contributed by atoms with E-state index in [0.29, 0.717) is 12.1 Å². The summed E-state index contributed by atoms with van der Waals surface area (Å²) >= 11 is 0. The second kappa shape index (κ2) is 2.90. The molecule has 0 spiro atoms. The Labute approximate surface area is 71.6 Å². The molecule has 0 aromatic heterocycles. The fourth-order valence-electron chi connectivity index (χ4n) is 0.959. The standard InChI is InChI=1S/C8H6F4O/c1-4-6(8(10,11)12)2-5(9)3-7(4)13/h2-3,13H,1H3. The molecule has 1 rings (SSSR count). The highest BCUT2D eigenvalue weighted by Crippen LogP contribution is 2.35. The first-order chi connectivity index (χ1) is 5.82. The Hall–Kier alpha value is -1.26. The highest BCUT2D eigenvalue weighted by atomic mass is 19.4. The highest BCUT2D eigenvalue weighted by Gasteiger charge is 2.33. The van der Waals surface area contributed by atoms with Gasteiger partial charge in [0.05, 0.1) is 5.56 Å². The number of hydrogen-bond donors (Lipinski definition) is 1. The minimum Gasteiger partial charge on any atom is -0.508 e. The normalized spacial score (nSPS) is 11.8. The Kier molecular flexibility index (Phi) is 2.19. The third-order valence-electron chi connectivity index (χ3n) is 1.65. The second-order valence-corrected chi connectivity index (χ2v) is 2.60. The zero-order valence-corrected chi connectivity index (χ0v) is 6.61. The lowest BCUT2D eigenvalue weighted by Crippen LogP contribution is -2.08. The maximum Gasteiger partial charge on any atom is 0.416 e. The van der Waals surface area contributed by atoms with Crippen LogP contribution in [0.5, 0.6) is 5.75 Å². The van der Waals surface area contributed by atoms with Gasteiger partial charge in [-0.05, 0) is 13.0 Å². The Bertz CT molecular complexity index is 330. The van der Waals surface area contributed by atoms with Gasteiger partial charge in [-0.1, -0.05) is 0 Å². The number of hydrogen-bond acceptors (Lipinski definition) is 1. The Morgan fingerprint density at radius 3 is 2.23 bits per heavy atom. The SMILES string of the molecule is Cc1c(O)cc(F)cc1C(F)(F)F. The molecule has 0 saturated carbocycles. The van der Waals surface area contributed by atoms with Gasteiger partial charge in [0.1, 0.15) is 11.6 Å². The van der Waals surface area contributed by atoms with Crippen molar-refractivity contribution >= 4 is 0 Å². The van der Waals surface area contributed by atoms with Crippen LogP contribution in [0.15, 0.2) is 12.1 Å². The number of benzene rings is 1. The molecule has 0 fully saturated rings. The van der Waals surface area contributed by atoms with Crippen LogP contribution in [0.4, 0.5) is 17.6 Å². The first-order valence-corrected chi connectivity index (χ1v) is 3.38. The van der Waals surface area contributed by atoms with Crippen molar-refractivity contribution in [3.05, 3.63) is 29.1 Å². The molecule has 1 N–H and O–H groups in total. The third kappa shape index (κ3) is 1.91. The van der Waals surface area contributed by atoms with Crippen molar-refractivity contribution in [2.24, 2.45) is 0 Å². The molecule has 13 heavy (non-hydrogen) atoms. The van der Waals surface area contributed by atoms with Crippen LogP contribution in [0, 0.1) is 12.7 Å². The van der Waals surface area contributed by atoms with Gasteiger partial charge < -0.3 is 5.11 Å². The van der Waals surface area contributed by atoms with Crippen LogP contribution >= 0.6 is 0 Å². The Morgan fingerprint density at radius 2 is 1.77 bits per heavy atom. The van der Waals surface area contributed by atoms with E-state index in [1.54, 1.807) is 0 Å². The van der Waals surface area contributed by atoms with Crippen molar-refractivity contribution in [3.8, 4) is 5.75 Å². The summed E-state index contributed by atoms with van der Waals surface area (Å²) in [6, 6.07) is 1.000. The van der Waals surface area contributed by atoms with Crippen LogP contribution in [0.1, 0.15) is 11.1 Å². The van der Waals surface area contributed by atoms with E-state index in [9.17, 15) is 17.6 Å². The van der Waals surface area contributed by atoms with E-state index in [2.05, 4.69) is 0 Å². The second-order valence-electron chi connectivity index (χ2n) is 2.60. The number of phenols is 1. The summed E-state index contributed by atoms with van der Waals surface area (Å²) in [4.78, 5) is 0. The van der Waals surface area contributed by atoms with Gasteiger partial charge in [0.25, 0.3) is 0 Å². The van der Waals surface area contributed by atoms with E-state index in [-0.39, 0.29) is 5.56 Å². The van der Waals surface area contributed by atoms with Crippen molar-refractivity contribution in [2.75, 3.05) is 0 Å². The average Bonchev–Trinajstić information content (AvgIpc) is 1.94. The summed E-state index contributed by atoms with van der Waals surface area (Å²) in [5, 5.41) is 8.90. The van der Waals surface area contributed by atoms with Gasteiger partial charge in [-0.25, -0.2) is 4.39 Å². The fourth-order valence-corrected chi connectivity index (χ4v) is 0.959. The molecule has 1 aromatic rings. The molecular weight excluding hydrogens is 188 g/mol. The van der Waals surface area contributed by atoms with Crippen LogP contribution in [0.25, 0.3) is 0 Å². The summed E-state index contributed by atoms with van der Waals surface area (Å²) in [7, 11) is 0. The first-order valence-electron chi connectivity index (χ1n) is 3.38. The summed E-state index contributed by atoms with van der Waals surface area (Å²) < 4.78 is 48.9. The molecule has 1 nitrogen and oxygen atoms in total. The lowest BCUT2D eigenvalue weighted by Gasteiger charge is -2.10. The maximum absolute atomic E-state index is 12.5. The van der Waals surface area contributed by atoms with Crippen molar-refractivity contribution in [1.29, 1.82) is 0 Å². The Balaban J connectivity index is 3.37. The number of rotatable bonds is 0. The molecule has 0 aliphatic heterocycles. The van der Waals surface area contributed by atoms with Gasteiger partial charge in [-0.15, -0.1) is 0 Å². The largest absolute Gasteiger partial charge is 0.508 e. The lowest BCUT2D eigenvalue weighted by atomic mass is 10.1. The van der Waals surface area contributed by atoms with E-state index in [1.807, 2.05) is 0 Å². The molecule has 0 aliphatic rings. The lowest BCUT2D eigenvalue weighted by molar-refractivity contribution is -0.138.